The zero-order valence-corrected chi connectivity index (χ0v) is 16.5. The topological polar surface area (TPSA) is 75.3 Å². The summed E-state index contributed by atoms with van der Waals surface area (Å²) in [7, 11) is 0. The molecule has 2 aromatic rings. The molecule has 142 valence electrons. The molecule has 0 radical (unpaired) electrons. The molecule has 27 heavy (non-hydrogen) atoms. The van der Waals surface area contributed by atoms with Crippen LogP contribution in [-0.4, -0.2) is 17.6 Å². The number of carbonyl (C=O) groups excluding carboxylic acids is 3. The highest BCUT2D eigenvalue weighted by Crippen LogP contribution is 2.30. The Morgan fingerprint density at radius 3 is 2.41 bits per heavy atom. The fourth-order valence-electron chi connectivity index (χ4n) is 2.66. The van der Waals surface area contributed by atoms with Crippen LogP contribution in [0.1, 0.15) is 53.9 Å². The van der Waals surface area contributed by atoms with Crippen LogP contribution in [0.5, 0.6) is 0 Å². The first kappa shape index (κ1) is 19.6. The molecule has 0 saturated heterocycles. The first-order valence-electron chi connectivity index (χ1n) is 8.91. The minimum Gasteiger partial charge on any atom is -0.350 e. The molecular weight excluding hydrogens is 384 g/mol. The summed E-state index contributed by atoms with van der Waals surface area (Å²) >= 11 is 7.05. The van der Waals surface area contributed by atoms with E-state index in [0.717, 1.165) is 24.1 Å². The number of hydrogen-bond acceptors (Lipinski definition) is 4. The number of benzene rings is 1. The third-order valence-electron chi connectivity index (χ3n) is 4.43. The molecule has 2 N–H and O–H groups in total. The van der Waals surface area contributed by atoms with E-state index in [2.05, 4.69) is 10.6 Å². The van der Waals surface area contributed by atoms with Crippen molar-refractivity contribution in [2.45, 2.75) is 38.6 Å². The van der Waals surface area contributed by atoms with E-state index in [1.807, 2.05) is 31.2 Å². The number of thiophene rings is 1. The van der Waals surface area contributed by atoms with Gasteiger partial charge in [-0.05, 0) is 49.6 Å². The van der Waals surface area contributed by atoms with Crippen molar-refractivity contribution in [2.75, 3.05) is 5.32 Å². The summed E-state index contributed by atoms with van der Waals surface area (Å²) in [6.07, 6.45) is 2.22. The Morgan fingerprint density at radius 2 is 1.81 bits per heavy atom. The molecule has 2 amide bonds. The second-order valence-corrected chi connectivity index (χ2v) is 8.42. The van der Waals surface area contributed by atoms with Crippen LogP contribution >= 0.6 is 22.9 Å². The highest BCUT2D eigenvalue weighted by atomic mass is 35.5. The highest BCUT2D eigenvalue weighted by Gasteiger charge is 2.29. The largest absolute Gasteiger partial charge is 0.350 e. The van der Waals surface area contributed by atoms with Gasteiger partial charge in [-0.15, -0.1) is 11.3 Å². The third kappa shape index (κ3) is 5.65. The number of amides is 2. The van der Waals surface area contributed by atoms with Crippen LogP contribution in [0.3, 0.4) is 0 Å². The maximum Gasteiger partial charge on any atom is 0.227 e. The average molecular weight is 405 g/mol. The Hall–Kier alpha value is -2.18. The molecular formula is C20H21ClN2O3S. The molecule has 3 rings (SSSR count). The number of halogens is 1. The number of ketones is 1. The van der Waals surface area contributed by atoms with E-state index in [1.54, 1.807) is 12.1 Å². The smallest absolute Gasteiger partial charge is 0.227 e. The predicted octanol–water partition coefficient (Wildman–Crippen LogP) is 4.59. The lowest BCUT2D eigenvalue weighted by atomic mass is 10.1. The van der Waals surface area contributed by atoms with Crippen molar-refractivity contribution in [1.82, 2.24) is 5.32 Å². The number of carbonyl (C=O) groups is 3. The minimum atomic E-state index is -0.183. The molecule has 0 spiro atoms. The maximum atomic E-state index is 12.1. The summed E-state index contributed by atoms with van der Waals surface area (Å²) in [5.74, 6) is -0.0216. The molecule has 1 aromatic carbocycles. The Morgan fingerprint density at radius 1 is 1.11 bits per heavy atom. The molecule has 1 heterocycles. The quantitative estimate of drug-likeness (QED) is 0.632. The van der Waals surface area contributed by atoms with Crippen molar-refractivity contribution in [3.05, 3.63) is 51.2 Å². The molecule has 1 aliphatic rings. The second-order valence-electron chi connectivity index (χ2n) is 6.70. The normalized spacial score (nSPS) is 14.4. The molecule has 0 aliphatic heterocycles. The van der Waals surface area contributed by atoms with Gasteiger partial charge in [0.2, 0.25) is 11.8 Å². The van der Waals surface area contributed by atoms with Crippen molar-refractivity contribution >= 4 is 46.2 Å². The summed E-state index contributed by atoms with van der Waals surface area (Å²) in [5, 5.41) is 5.78. The van der Waals surface area contributed by atoms with Gasteiger partial charge in [0, 0.05) is 24.4 Å². The van der Waals surface area contributed by atoms with E-state index in [-0.39, 0.29) is 42.4 Å². The zero-order valence-electron chi connectivity index (χ0n) is 15.0. The van der Waals surface area contributed by atoms with Gasteiger partial charge in [0.25, 0.3) is 0 Å². The number of anilines is 1. The van der Waals surface area contributed by atoms with E-state index >= 15 is 0 Å². The van der Waals surface area contributed by atoms with Crippen molar-refractivity contribution in [3.63, 3.8) is 0 Å². The summed E-state index contributed by atoms with van der Waals surface area (Å²) in [5.41, 5.74) is 1.69. The van der Waals surface area contributed by atoms with Crippen LogP contribution in [0.15, 0.2) is 36.4 Å². The molecule has 1 atom stereocenters. The van der Waals surface area contributed by atoms with Gasteiger partial charge in [0.05, 0.1) is 15.3 Å². The Balaban J connectivity index is 1.45. The lowest BCUT2D eigenvalue weighted by Crippen LogP contribution is -2.26. The van der Waals surface area contributed by atoms with Crippen LogP contribution in [-0.2, 0) is 9.59 Å². The molecule has 0 bridgehead atoms. The Labute approximate surface area is 167 Å². The van der Waals surface area contributed by atoms with Gasteiger partial charge < -0.3 is 10.6 Å². The SMILES string of the molecule is CC(NC(=O)CCC(=O)c1ccc(Cl)s1)c1ccc(NC(=O)C2CC2)cc1. The van der Waals surface area contributed by atoms with Gasteiger partial charge in [-0.25, -0.2) is 0 Å². The molecule has 7 heteroatoms. The van der Waals surface area contributed by atoms with Crippen molar-refractivity contribution in [1.29, 1.82) is 0 Å². The third-order valence-corrected chi connectivity index (χ3v) is 5.70. The lowest BCUT2D eigenvalue weighted by Gasteiger charge is -2.15. The molecule has 1 aromatic heterocycles. The van der Waals surface area contributed by atoms with Gasteiger partial charge in [-0.1, -0.05) is 23.7 Å². The molecule has 1 aliphatic carbocycles. The lowest BCUT2D eigenvalue weighted by molar-refractivity contribution is -0.121. The second kappa shape index (κ2) is 8.67. The summed E-state index contributed by atoms with van der Waals surface area (Å²) in [6.45, 7) is 1.89. The van der Waals surface area contributed by atoms with Crippen molar-refractivity contribution < 1.29 is 14.4 Å². The zero-order chi connectivity index (χ0) is 19.4. The van der Waals surface area contributed by atoms with E-state index in [1.165, 1.54) is 11.3 Å². The predicted molar refractivity (Wildman–Crippen MR) is 107 cm³/mol. The van der Waals surface area contributed by atoms with Crippen LogP contribution in [0.4, 0.5) is 5.69 Å². The maximum absolute atomic E-state index is 12.1. The number of nitrogens with one attached hydrogen (secondary N) is 2. The number of hydrogen-bond donors (Lipinski definition) is 2. The van der Waals surface area contributed by atoms with E-state index < -0.39 is 0 Å². The molecule has 1 saturated carbocycles. The van der Waals surface area contributed by atoms with E-state index in [9.17, 15) is 14.4 Å². The summed E-state index contributed by atoms with van der Waals surface area (Å²) in [6, 6.07) is 10.6. The van der Waals surface area contributed by atoms with Crippen molar-refractivity contribution in [2.24, 2.45) is 5.92 Å². The van der Waals surface area contributed by atoms with Crippen LogP contribution in [0, 0.1) is 5.92 Å². The summed E-state index contributed by atoms with van der Waals surface area (Å²) in [4.78, 5) is 36.5. The first-order valence-corrected chi connectivity index (χ1v) is 10.1. The molecule has 1 fully saturated rings. The summed E-state index contributed by atoms with van der Waals surface area (Å²) < 4.78 is 0.563. The number of rotatable bonds is 8. The number of Topliss-reactive ketones (excluding diaryl/α,β-unsaturated/α-hetero) is 1. The van der Waals surface area contributed by atoms with Gasteiger partial charge >= 0.3 is 0 Å². The molecule has 1 unspecified atom stereocenters. The Bertz CT molecular complexity index is 843. The minimum absolute atomic E-state index is 0.0702. The van der Waals surface area contributed by atoms with E-state index in [4.69, 9.17) is 11.6 Å². The van der Waals surface area contributed by atoms with E-state index in [0.29, 0.717) is 9.21 Å². The standard InChI is InChI=1S/C20H21ClN2O3S/c1-12(13-4-6-15(7-5-13)23-20(26)14-2-3-14)22-19(25)11-8-16(24)17-9-10-18(21)27-17/h4-7,9-10,12,14H,2-3,8,11H2,1H3,(H,22,25)(H,23,26). The van der Waals surface area contributed by atoms with Crippen molar-refractivity contribution in [3.8, 4) is 0 Å². The Kier molecular flexibility index (Phi) is 6.29. The monoisotopic (exact) mass is 404 g/mol. The first-order chi connectivity index (χ1) is 12.9. The van der Waals surface area contributed by atoms with Crippen LogP contribution in [0.2, 0.25) is 4.34 Å². The molecule has 5 nitrogen and oxygen atoms in total. The van der Waals surface area contributed by atoms with Crippen LogP contribution in [0.25, 0.3) is 0 Å². The van der Waals surface area contributed by atoms with Crippen LogP contribution < -0.4 is 10.6 Å². The van der Waals surface area contributed by atoms with Gasteiger partial charge in [0.15, 0.2) is 5.78 Å². The highest BCUT2D eigenvalue weighted by molar-refractivity contribution is 7.18. The van der Waals surface area contributed by atoms with Gasteiger partial charge in [0.1, 0.15) is 0 Å². The van der Waals surface area contributed by atoms with Gasteiger partial charge in [-0.3, -0.25) is 14.4 Å². The fraction of sp³-hybridized carbons (Fsp3) is 0.350. The fourth-order valence-corrected chi connectivity index (χ4v) is 3.67. The van der Waals surface area contributed by atoms with Gasteiger partial charge in [-0.2, -0.15) is 0 Å². The average Bonchev–Trinajstić information content (AvgIpc) is 3.41.